The lowest BCUT2D eigenvalue weighted by molar-refractivity contribution is -0.170. The summed E-state index contributed by atoms with van der Waals surface area (Å²) >= 11 is 0. The predicted molar refractivity (Wildman–Crippen MR) is 267 cm³/mol. The number of hydrogen-bond acceptors (Lipinski definition) is 7. The van der Waals surface area contributed by atoms with E-state index in [0.29, 0.717) is 13.2 Å². The lowest BCUT2D eigenvalue weighted by atomic mass is 9.77. The molecule has 0 spiro atoms. The summed E-state index contributed by atoms with van der Waals surface area (Å²) in [6, 6.07) is 54.0. The second-order valence-corrected chi connectivity index (χ2v) is 16.7. The van der Waals surface area contributed by atoms with Crippen molar-refractivity contribution in [1.29, 1.82) is 0 Å². The lowest BCUT2D eigenvalue weighted by Crippen LogP contribution is -2.56. The first-order chi connectivity index (χ1) is 33.1. The van der Waals surface area contributed by atoms with Crippen LogP contribution in [0.3, 0.4) is 0 Å². The van der Waals surface area contributed by atoms with Crippen LogP contribution in [-0.4, -0.2) is 67.9 Å². The lowest BCUT2D eigenvalue weighted by Gasteiger charge is -2.37. The number of fused-ring (bicyclic) bond motifs is 2. The van der Waals surface area contributed by atoms with Gasteiger partial charge in [-0.3, -0.25) is 19.8 Å². The fourth-order valence-corrected chi connectivity index (χ4v) is 8.87. The first kappa shape index (κ1) is 48.6. The van der Waals surface area contributed by atoms with Gasteiger partial charge in [0.05, 0.1) is 19.0 Å². The van der Waals surface area contributed by atoms with Crippen molar-refractivity contribution in [3.05, 3.63) is 204 Å². The third kappa shape index (κ3) is 11.8. The number of carbonyl (C=O) groups excluding carboxylic acids is 4. The molecule has 12 nitrogen and oxygen atoms in total. The zero-order chi connectivity index (χ0) is 47.9. The molecule has 0 saturated heterocycles. The van der Waals surface area contributed by atoms with Crippen LogP contribution in [0.15, 0.2) is 176 Å². The number of carbonyl (C=O) groups is 4. The largest absolute Gasteiger partial charge is 0.353 e. The zero-order valence-corrected chi connectivity index (χ0v) is 39.0. The van der Waals surface area contributed by atoms with Crippen LogP contribution in [0.1, 0.15) is 61.1 Å². The summed E-state index contributed by atoms with van der Waals surface area (Å²) in [5.74, 6) is -2.14. The minimum Gasteiger partial charge on any atom is -0.353 e. The third-order valence-electron chi connectivity index (χ3n) is 12.1. The molecular weight excluding hydrogens is 853 g/mol. The molecule has 5 amide bonds. The fourth-order valence-electron chi connectivity index (χ4n) is 8.87. The Morgan fingerprint density at radius 3 is 1.66 bits per heavy atom. The van der Waals surface area contributed by atoms with Gasteiger partial charge in [0.2, 0.25) is 17.7 Å². The van der Waals surface area contributed by atoms with Gasteiger partial charge in [-0.2, -0.15) is 0 Å². The highest BCUT2D eigenvalue weighted by Gasteiger charge is 2.40. The van der Waals surface area contributed by atoms with E-state index >= 15 is 4.79 Å². The fraction of sp³-hybridized carbons (Fsp3) is 0.250. The number of benzene rings is 7. The molecule has 0 heterocycles. The van der Waals surface area contributed by atoms with E-state index in [1.807, 2.05) is 197 Å². The minimum atomic E-state index is -1.38. The number of nitrogens with one attached hydrogen (secondary N) is 5. The second-order valence-electron chi connectivity index (χ2n) is 16.7. The van der Waals surface area contributed by atoms with Crippen LogP contribution >= 0.6 is 0 Å². The van der Waals surface area contributed by atoms with E-state index < -0.39 is 60.0 Å². The second kappa shape index (κ2) is 23.4. The number of hydrazine groups is 1. The van der Waals surface area contributed by atoms with Crippen molar-refractivity contribution in [2.75, 3.05) is 26.8 Å². The summed E-state index contributed by atoms with van der Waals surface area (Å²) in [4.78, 5) is 57.2. The molecule has 0 fully saturated rings. The van der Waals surface area contributed by atoms with E-state index in [2.05, 4.69) is 26.7 Å². The molecule has 7 rings (SSSR count). The van der Waals surface area contributed by atoms with Gasteiger partial charge in [-0.05, 0) is 63.2 Å². The van der Waals surface area contributed by atoms with Gasteiger partial charge in [0.25, 0.3) is 0 Å². The monoisotopic (exact) mass is 912 g/mol. The van der Waals surface area contributed by atoms with Crippen LogP contribution in [0, 0.1) is 5.92 Å². The van der Waals surface area contributed by atoms with Gasteiger partial charge in [-0.1, -0.05) is 183 Å². The minimum absolute atomic E-state index is 0.255. The van der Waals surface area contributed by atoms with Crippen molar-refractivity contribution < 1.29 is 28.7 Å². The van der Waals surface area contributed by atoms with Crippen LogP contribution < -0.4 is 26.7 Å². The summed E-state index contributed by atoms with van der Waals surface area (Å²) in [5, 5.41) is 17.6. The van der Waals surface area contributed by atoms with Gasteiger partial charge in [-0.15, -0.1) is 0 Å². The Hall–Kier alpha value is -7.38. The normalized spacial score (nSPS) is 12.9. The highest BCUT2D eigenvalue weighted by Crippen LogP contribution is 2.37. The number of hydrogen-bond donors (Lipinski definition) is 5. The van der Waals surface area contributed by atoms with E-state index in [1.165, 1.54) is 5.01 Å². The molecular formula is C56H60N6O6. The van der Waals surface area contributed by atoms with Crippen LogP contribution in [0.2, 0.25) is 0 Å². The summed E-state index contributed by atoms with van der Waals surface area (Å²) in [6.07, 6.45) is -1.13. The average Bonchev–Trinajstić information content (AvgIpc) is 3.36. The van der Waals surface area contributed by atoms with E-state index in [0.717, 1.165) is 49.4 Å². The maximum atomic E-state index is 15.0. The third-order valence-corrected chi connectivity index (χ3v) is 12.1. The van der Waals surface area contributed by atoms with Gasteiger partial charge in [0, 0.05) is 32.7 Å². The summed E-state index contributed by atoms with van der Waals surface area (Å²) < 4.78 is 12.2. The molecule has 3 atom stereocenters. The summed E-state index contributed by atoms with van der Waals surface area (Å²) in [6.45, 7) is 6.38. The first-order valence-corrected chi connectivity index (χ1v) is 23.1. The molecule has 350 valence electrons. The average molecular weight is 913 g/mol. The molecule has 0 aliphatic heterocycles. The van der Waals surface area contributed by atoms with Gasteiger partial charge in [-0.25, -0.2) is 9.80 Å². The van der Waals surface area contributed by atoms with E-state index in [1.54, 1.807) is 7.05 Å². The Kier molecular flexibility index (Phi) is 16.7. The first-order valence-electron chi connectivity index (χ1n) is 23.1. The van der Waals surface area contributed by atoms with Crippen LogP contribution in [0.25, 0.3) is 21.5 Å². The van der Waals surface area contributed by atoms with Gasteiger partial charge >= 0.3 is 6.03 Å². The number of amides is 5. The number of likely N-dealkylation sites (N-methyl/N-ethyl adjacent to an activating group) is 1. The van der Waals surface area contributed by atoms with Crippen molar-refractivity contribution in [3.63, 3.8) is 0 Å². The van der Waals surface area contributed by atoms with Gasteiger partial charge < -0.3 is 30.7 Å². The van der Waals surface area contributed by atoms with Crippen LogP contribution in [0.5, 0.6) is 0 Å². The SMILES string of the molecule is CCOC(OCC)[C@@H](C)[C@H](NC(=O)C(CC(=O)NC(c1ccccc1)(c1ccccc1)c1ccccc1)NC(=O)CN(C)NC(=O)NCc1cccc2ccccc12)c1cccc2ccccc12. The van der Waals surface area contributed by atoms with Crippen molar-refractivity contribution >= 4 is 45.3 Å². The van der Waals surface area contributed by atoms with Crippen molar-refractivity contribution in [2.24, 2.45) is 5.92 Å². The molecule has 0 aromatic heterocycles. The van der Waals surface area contributed by atoms with E-state index in [4.69, 9.17) is 9.47 Å². The van der Waals surface area contributed by atoms with Crippen LogP contribution in [0.4, 0.5) is 4.79 Å². The Labute approximate surface area is 398 Å². The van der Waals surface area contributed by atoms with Crippen molar-refractivity contribution in [1.82, 2.24) is 31.7 Å². The van der Waals surface area contributed by atoms with E-state index in [-0.39, 0.29) is 13.1 Å². The zero-order valence-electron chi connectivity index (χ0n) is 39.0. The Morgan fingerprint density at radius 2 is 1.09 bits per heavy atom. The predicted octanol–water partition coefficient (Wildman–Crippen LogP) is 8.51. The Balaban J connectivity index is 1.18. The molecule has 0 bridgehead atoms. The molecule has 0 aliphatic rings. The maximum Gasteiger partial charge on any atom is 0.329 e. The standard InChI is InChI=1S/C56H60N6O6/c1-5-67-54(68-6-2)39(3)52(48-35-21-25-41-23-17-19-34-47(41)48)59-53(65)49(58-51(64)38-62(4)61-55(66)57-37-42-26-20-24-40-22-16-18-33-46(40)42)36-50(63)60-56(43-27-10-7-11-28-43,44-29-12-8-13-30-44)45-31-14-9-15-32-45/h7-35,39,49,52,54H,5-6,36-38H2,1-4H3,(H,58,64)(H,59,65)(H,60,63)(H2,57,61,66)/t39-,49?,52-/m0/s1. The quantitative estimate of drug-likeness (QED) is 0.0276. The summed E-state index contributed by atoms with van der Waals surface area (Å²) in [5.41, 5.74) is 5.65. The molecule has 68 heavy (non-hydrogen) atoms. The topological polar surface area (TPSA) is 150 Å². The molecule has 0 saturated carbocycles. The van der Waals surface area contributed by atoms with Gasteiger partial charge in [0.1, 0.15) is 11.6 Å². The Morgan fingerprint density at radius 1 is 0.588 bits per heavy atom. The molecule has 5 N–H and O–H groups in total. The smallest absolute Gasteiger partial charge is 0.329 e. The number of urea groups is 1. The van der Waals surface area contributed by atoms with Crippen molar-refractivity contribution in [2.45, 2.75) is 57.6 Å². The molecule has 0 aliphatic carbocycles. The Bertz CT molecular complexity index is 2660. The molecule has 1 unspecified atom stereocenters. The number of nitrogens with zero attached hydrogens (tertiary/aromatic N) is 1. The molecule has 0 radical (unpaired) electrons. The van der Waals surface area contributed by atoms with E-state index in [9.17, 15) is 14.4 Å². The molecule has 7 aromatic rings. The maximum absolute atomic E-state index is 15.0. The number of ether oxygens (including phenoxy) is 2. The van der Waals surface area contributed by atoms with Gasteiger partial charge in [0.15, 0.2) is 6.29 Å². The highest BCUT2D eigenvalue weighted by molar-refractivity contribution is 5.94. The molecule has 12 heteroatoms. The number of rotatable bonds is 21. The summed E-state index contributed by atoms with van der Waals surface area (Å²) in [7, 11) is 1.55. The molecule has 7 aromatic carbocycles. The van der Waals surface area contributed by atoms with Crippen molar-refractivity contribution in [3.8, 4) is 0 Å². The van der Waals surface area contributed by atoms with Crippen LogP contribution in [-0.2, 0) is 35.9 Å². The highest BCUT2D eigenvalue weighted by atomic mass is 16.7.